The zero-order chi connectivity index (χ0) is 24.9. The molecule has 3 aromatic heterocycles. The maximum Gasteiger partial charge on any atom is 0.319 e. The number of fused-ring (bicyclic) bond motifs is 1. The molecule has 36 heavy (non-hydrogen) atoms. The number of nitrogens with one attached hydrogen (secondary N) is 2. The molecular weight excluding hydrogens is 461 g/mol. The van der Waals surface area contributed by atoms with Crippen molar-refractivity contribution in [2.75, 3.05) is 28.6 Å². The first-order chi connectivity index (χ1) is 17.6. The Morgan fingerprint density at radius 2 is 1.83 bits per heavy atom. The van der Waals surface area contributed by atoms with E-state index in [-0.39, 0.29) is 24.3 Å². The summed E-state index contributed by atoms with van der Waals surface area (Å²) in [6.45, 7) is 5.45. The first-order valence-electron chi connectivity index (χ1n) is 11.5. The SMILES string of the molecule is C=CC(=O)Nc1cccc(Nc2cc3c(N4CCCC4)nc(OCc4ccc(F)cc4)nc3cn2)n1. The van der Waals surface area contributed by atoms with Gasteiger partial charge in [-0.2, -0.15) is 9.97 Å². The summed E-state index contributed by atoms with van der Waals surface area (Å²) < 4.78 is 19.1. The largest absolute Gasteiger partial charge is 0.459 e. The monoisotopic (exact) mass is 485 g/mol. The molecule has 2 N–H and O–H groups in total. The van der Waals surface area contributed by atoms with Crippen molar-refractivity contribution in [2.45, 2.75) is 19.4 Å². The van der Waals surface area contributed by atoms with Crippen molar-refractivity contribution >= 4 is 40.1 Å². The van der Waals surface area contributed by atoms with Crippen LogP contribution in [0.15, 0.2) is 67.4 Å². The lowest BCUT2D eigenvalue weighted by Crippen LogP contribution is -2.20. The molecule has 10 heteroatoms. The molecule has 0 radical (unpaired) electrons. The van der Waals surface area contributed by atoms with Crippen molar-refractivity contribution in [1.82, 2.24) is 19.9 Å². The fourth-order valence-corrected chi connectivity index (χ4v) is 3.91. The highest BCUT2D eigenvalue weighted by atomic mass is 19.1. The third-order valence-electron chi connectivity index (χ3n) is 5.67. The number of halogens is 1. The van der Waals surface area contributed by atoms with Crippen LogP contribution in [-0.2, 0) is 11.4 Å². The summed E-state index contributed by atoms with van der Waals surface area (Å²) >= 11 is 0. The molecule has 1 amide bonds. The number of anilines is 4. The van der Waals surface area contributed by atoms with Crippen LogP contribution in [0.25, 0.3) is 10.9 Å². The number of ether oxygens (including phenoxy) is 1. The Morgan fingerprint density at radius 1 is 1.06 bits per heavy atom. The van der Waals surface area contributed by atoms with E-state index in [4.69, 9.17) is 9.72 Å². The van der Waals surface area contributed by atoms with Gasteiger partial charge in [-0.25, -0.2) is 14.4 Å². The van der Waals surface area contributed by atoms with E-state index in [9.17, 15) is 9.18 Å². The molecule has 0 saturated carbocycles. The number of rotatable bonds is 8. The topological polar surface area (TPSA) is 105 Å². The zero-order valence-electron chi connectivity index (χ0n) is 19.4. The third kappa shape index (κ3) is 5.38. The van der Waals surface area contributed by atoms with E-state index >= 15 is 0 Å². The van der Waals surface area contributed by atoms with E-state index in [1.807, 2.05) is 6.07 Å². The van der Waals surface area contributed by atoms with E-state index in [0.29, 0.717) is 23.0 Å². The molecule has 0 unspecified atom stereocenters. The van der Waals surface area contributed by atoms with Gasteiger partial charge in [0, 0.05) is 18.5 Å². The molecule has 5 rings (SSSR count). The second-order valence-electron chi connectivity index (χ2n) is 8.25. The molecule has 1 fully saturated rings. The Kier molecular flexibility index (Phi) is 6.65. The predicted octanol–water partition coefficient (Wildman–Crippen LogP) is 4.61. The Morgan fingerprint density at radius 3 is 2.61 bits per heavy atom. The summed E-state index contributed by atoms with van der Waals surface area (Å²) in [5.41, 5.74) is 1.46. The number of carbonyl (C=O) groups excluding carboxylic acids is 1. The van der Waals surface area contributed by atoms with Gasteiger partial charge in [0.25, 0.3) is 0 Å². The number of benzene rings is 1. The summed E-state index contributed by atoms with van der Waals surface area (Å²) in [6.07, 6.45) is 5.01. The van der Waals surface area contributed by atoms with Gasteiger partial charge in [0.15, 0.2) is 0 Å². The zero-order valence-corrected chi connectivity index (χ0v) is 19.4. The highest BCUT2D eigenvalue weighted by Gasteiger charge is 2.20. The van der Waals surface area contributed by atoms with Gasteiger partial charge in [0.1, 0.15) is 35.7 Å². The first-order valence-corrected chi connectivity index (χ1v) is 11.5. The summed E-state index contributed by atoms with van der Waals surface area (Å²) in [4.78, 5) is 31.9. The summed E-state index contributed by atoms with van der Waals surface area (Å²) in [7, 11) is 0. The van der Waals surface area contributed by atoms with Crippen molar-refractivity contribution in [2.24, 2.45) is 0 Å². The van der Waals surface area contributed by atoms with Gasteiger partial charge in [-0.15, -0.1) is 0 Å². The average molecular weight is 486 g/mol. The van der Waals surface area contributed by atoms with Gasteiger partial charge in [0.2, 0.25) is 5.91 Å². The van der Waals surface area contributed by atoms with Crippen LogP contribution < -0.4 is 20.3 Å². The highest BCUT2D eigenvalue weighted by Crippen LogP contribution is 2.30. The molecule has 4 aromatic rings. The molecule has 1 aliphatic rings. The molecule has 1 saturated heterocycles. The van der Waals surface area contributed by atoms with Crippen molar-refractivity contribution < 1.29 is 13.9 Å². The molecule has 0 aliphatic carbocycles. The van der Waals surface area contributed by atoms with E-state index in [1.54, 1.807) is 36.5 Å². The Balaban J connectivity index is 1.42. The van der Waals surface area contributed by atoms with Crippen molar-refractivity contribution in [1.29, 1.82) is 0 Å². The van der Waals surface area contributed by atoms with Gasteiger partial charge in [-0.1, -0.05) is 24.8 Å². The molecular formula is C26H24FN7O2. The van der Waals surface area contributed by atoms with Gasteiger partial charge in [-0.3, -0.25) is 4.79 Å². The summed E-state index contributed by atoms with van der Waals surface area (Å²) in [5, 5.41) is 6.65. The van der Waals surface area contributed by atoms with Gasteiger partial charge < -0.3 is 20.3 Å². The van der Waals surface area contributed by atoms with Crippen LogP contribution in [0.2, 0.25) is 0 Å². The minimum atomic E-state index is -0.340. The molecule has 0 spiro atoms. The van der Waals surface area contributed by atoms with Crippen molar-refractivity contribution in [3.8, 4) is 6.01 Å². The maximum atomic E-state index is 13.2. The van der Waals surface area contributed by atoms with Gasteiger partial charge in [0.05, 0.1) is 11.7 Å². The Hall–Kier alpha value is -4.60. The molecule has 9 nitrogen and oxygen atoms in total. The Labute approximate surface area is 207 Å². The molecule has 1 aromatic carbocycles. The van der Waals surface area contributed by atoms with Crippen LogP contribution in [-0.4, -0.2) is 38.9 Å². The fourth-order valence-electron chi connectivity index (χ4n) is 3.91. The van der Waals surface area contributed by atoms with Crippen LogP contribution in [0.3, 0.4) is 0 Å². The number of hydrogen-bond donors (Lipinski definition) is 2. The minimum absolute atomic E-state index is 0.225. The lowest BCUT2D eigenvalue weighted by Gasteiger charge is -2.19. The number of aromatic nitrogens is 4. The van der Waals surface area contributed by atoms with Gasteiger partial charge >= 0.3 is 6.01 Å². The second kappa shape index (κ2) is 10.3. The highest BCUT2D eigenvalue weighted by molar-refractivity contribution is 5.98. The molecule has 4 heterocycles. The summed E-state index contributed by atoms with van der Waals surface area (Å²) in [6, 6.07) is 13.5. The molecule has 0 atom stereocenters. The van der Waals surface area contributed by atoms with Crippen molar-refractivity contribution in [3.05, 3.63) is 78.8 Å². The second-order valence-corrected chi connectivity index (χ2v) is 8.25. The van der Waals surface area contributed by atoms with E-state index < -0.39 is 0 Å². The predicted molar refractivity (Wildman–Crippen MR) is 136 cm³/mol. The summed E-state index contributed by atoms with van der Waals surface area (Å²) in [5.74, 6) is 1.62. The normalized spacial score (nSPS) is 13.0. The lowest BCUT2D eigenvalue weighted by molar-refractivity contribution is -0.111. The maximum absolute atomic E-state index is 13.2. The van der Waals surface area contributed by atoms with Crippen LogP contribution in [0.1, 0.15) is 18.4 Å². The van der Waals surface area contributed by atoms with Crippen LogP contribution in [0.4, 0.5) is 27.7 Å². The molecule has 182 valence electrons. The van der Waals surface area contributed by atoms with Gasteiger partial charge in [-0.05, 0) is 54.8 Å². The quantitative estimate of drug-likeness (QED) is 0.349. The van der Waals surface area contributed by atoms with Crippen LogP contribution in [0.5, 0.6) is 6.01 Å². The fraction of sp³-hybridized carbons (Fsp3) is 0.192. The average Bonchev–Trinajstić information content (AvgIpc) is 3.43. The van der Waals surface area contributed by atoms with E-state index in [1.165, 1.54) is 18.2 Å². The standard InChI is InChI=1S/C26H24FN7O2/c1-2-24(35)32-22-7-5-6-21(30-22)31-23-14-19-20(15-28-23)29-26(33-25(19)34-12-3-4-13-34)36-16-17-8-10-18(27)11-9-17/h2,5-11,14-15H,1,3-4,12-13,16H2,(H2,28,30,31,32,35). The van der Waals surface area contributed by atoms with Crippen molar-refractivity contribution in [3.63, 3.8) is 0 Å². The lowest BCUT2D eigenvalue weighted by atomic mass is 10.2. The molecule has 0 bridgehead atoms. The minimum Gasteiger partial charge on any atom is -0.459 e. The third-order valence-corrected chi connectivity index (χ3v) is 5.67. The Bertz CT molecular complexity index is 1410. The van der Waals surface area contributed by atoms with E-state index in [0.717, 1.165) is 42.7 Å². The smallest absolute Gasteiger partial charge is 0.319 e. The first kappa shape index (κ1) is 23.2. The number of hydrogen-bond acceptors (Lipinski definition) is 8. The number of carbonyl (C=O) groups is 1. The number of pyridine rings is 2. The number of amides is 1. The number of nitrogens with zero attached hydrogens (tertiary/aromatic N) is 5. The van der Waals surface area contributed by atoms with Crippen LogP contribution >= 0.6 is 0 Å². The van der Waals surface area contributed by atoms with Crippen LogP contribution in [0, 0.1) is 5.82 Å². The van der Waals surface area contributed by atoms with E-state index in [2.05, 4.69) is 37.1 Å². The molecule has 1 aliphatic heterocycles.